The zero-order valence-corrected chi connectivity index (χ0v) is 12.6. The van der Waals surface area contributed by atoms with Gasteiger partial charge in [0.25, 0.3) is 0 Å². The highest BCUT2D eigenvalue weighted by Crippen LogP contribution is 2.40. The van der Waals surface area contributed by atoms with Gasteiger partial charge in [-0.25, -0.2) is 0 Å². The van der Waals surface area contributed by atoms with Gasteiger partial charge in [-0.05, 0) is 36.6 Å². The van der Waals surface area contributed by atoms with E-state index in [2.05, 4.69) is 15.9 Å². The fourth-order valence-corrected chi connectivity index (χ4v) is 3.15. The SMILES string of the molecule is CCC1CC(C(N)=O)c2cc(Br)ccc2N1C(C)=O. The molecule has 0 saturated carbocycles. The first-order valence-electron chi connectivity index (χ1n) is 6.34. The summed E-state index contributed by atoms with van der Waals surface area (Å²) < 4.78 is 0.885. The number of halogens is 1. The van der Waals surface area contributed by atoms with Gasteiger partial charge in [-0.2, -0.15) is 0 Å². The van der Waals surface area contributed by atoms with Gasteiger partial charge < -0.3 is 10.6 Å². The maximum atomic E-state index is 11.9. The molecule has 0 aromatic heterocycles. The molecular weight excluding hydrogens is 308 g/mol. The fourth-order valence-electron chi connectivity index (χ4n) is 2.77. The van der Waals surface area contributed by atoms with Crippen LogP contribution in [0.15, 0.2) is 22.7 Å². The molecule has 2 amide bonds. The minimum atomic E-state index is -0.332. The van der Waals surface area contributed by atoms with Gasteiger partial charge in [0.1, 0.15) is 0 Å². The van der Waals surface area contributed by atoms with Crippen molar-refractivity contribution in [2.24, 2.45) is 5.73 Å². The first-order chi connectivity index (χ1) is 8.95. The largest absolute Gasteiger partial charge is 0.369 e. The van der Waals surface area contributed by atoms with Crippen LogP contribution in [0.2, 0.25) is 0 Å². The lowest BCUT2D eigenvalue weighted by Crippen LogP contribution is -2.45. The van der Waals surface area contributed by atoms with Gasteiger partial charge >= 0.3 is 0 Å². The lowest BCUT2D eigenvalue weighted by molar-refractivity contribution is -0.121. The van der Waals surface area contributed by atoms with Crippen LogP contribution in [0.4, 0.5) is 5.69 Å². The van der Waals surface area contributed by atoms with Gasteiger partial charge in [0.2, 0.25) is 11.8 Å². The maximum absolute atomic E-state index is 11.9. The lowest BCUT2D eigenvalue weighted by Gasteiger charge is -2.39. The Balaban J connectivity index is 2.59. The Morgan fingerprint density at radius 3 is 2.68 bits per heavy atom. The van der Waals surface area contributed by atoms with Crippen molar-refractivity contribution in [2.75, 3.05) is 4.90 Å². The number of amides is 2. The summed E-state index contributed by atoms with van der Waals surface area (Å²) in [6.07, 6.45) is 1.40. The van der Waals surface area contributed by atoms with Crippen molar-refractivity contribution in [3.63, 3.8) is 0 Å². The molecule has 19 heavy (non-hydrogen) atoms. The summed E-state index contributed by atoms with van der Waals surface area (Å²) in [7, 11) is 0. The number of nitrogens with two attached hydrogens (primary N) is 1. The third-order valence-corrected chi connectivity index (χ3v) is 4.14. The maximum Gasteiger partial charge on any atom is 0.225 e. The quantitative estimate of drug-likeness (QED) is 0.908. The van der Waals surface area contributed by atoms with E-state index in [1.807, 2.05) is 25.1 Å². The van der Waals surface area contributed by atoms with Crippen LogP contribution in [-0.4, -0.2) is 17.9 Å². The van der Waals surface area contributed by atoms with Gasteiger partial charge in [0.15, 0.2) is 0 Å². The molecule has 0 saturated heterocycles. The standard InChI is InChI=1S/C14H17BrN2O2/c1-3-10-7-12(14(16)19)11-6-9(15)4-5-13(11)17(10)8(2)18/h4-6,10,12H,3,7H2,1-2H3,(H2,16,19). The number of carbonyl (C=O) groups excluding carboxylic acids is 2. The normalized spacial score (nSPS) is 21.9. The van der Waals surface area contributed by atoms with E-state index in [0.29, 0.717) is 6.42 Å². The molecule has 0 spiro atoms. The smallest absolute Gasteiger partial charge is 0.225 e. The number of nitrogens with zero attached hydrogens (tertiary/aromatic N) is 1. The number of anilines is 1. The topological polar surface area (TPSA) is 63.4 Å². The van der Waals surface area contributed by atoms with Crippen LogP contribution in [0.1, 0.15) is 38.2 Å². The van der Waals surface area contributed by atoms with Crippen LogP contribution in [0, 0.1) is 0 Å². The Bertz CT molecular complexity index is 530. The second-order valence-electron chi connectivity index (χ2n) is 4.84. The van der Waals surface area contributed by atoms with Crippen LogP contribution in [0.5, 0.6) is 0 Å². The second-order valence-corrected chi connectivity index (χ2v) is 5.76. The molecule has 0 aliphatic carbocycles. The van der Waals surface area contributed by atoms with Crippen molar-refractivity contribution < 1.29 is 9.59 Å². The van der Waals surface area contributed by atoms with Gasteiger partial charge in [-0.3, -0.25) is 9.59 Å². The zero-order chi connectivity index (χ0) is 14.2. The van der Waals surface area contributed by atoms with E-state index in [1.54, 1.807) is 11.8 Å². The van der Waals surface area contributed by atoms with Crippen molar-refractivity contribution in [3.05, 3.63) is 28.2 Å². The molecule has 1 heterocycles. The fraction of sp³-hybridized carbons (Fsp3) is 0.429. The summed E-state index contributed by atoms with van der Waals surface area (Å²) in [5.74, 6) is -0.660. The molecule has 5 heteroatoms. The highest BCUT2D eigenvalue weighted by molar-refractivity contribution is 9.10. The average molecular weight is 325 g/mol. The lowest BCUT2D eigenvalue weighted by atomic mass is 9.84. The zero-order valence-electron chi connectivity index (χ0n) is 11.0. The van der Waals surface area contributed by atoms with Crippen LogP contribution in [0.3, 0.4) is 0 Å². The van der Waals surface area contributed by atoms with Crippen molar-refractivity contribution in [1.82, 2.24) is 0 Å². The van der Waals surface area contributed by atoms with E-state index in [-0.39, 0.29) is 23.8 Å². The summed E-state index contributed by atoms with van der Waals surface area (Å²) in [5, 5.41) is 0. The first kappa shape index (κ1) is 14.1. The second kappa shape index (κ2) is 5.33. The summed E-state index contributed by atoms with van der Waals surface area (Å²) in [6.45, 7) is 3.57. The van der Waals surface area contributed by atoms with E-state index in [0.717, 1.165) is 22.1 Å². The molecule has 0 radical (unpaired) electrons. The van der Waals surface area contributed by atoms with E-state index in [1.165, 1.54) is 0 Å². The van der Waals surface area contributed by atoms with Gasteiger partial charge in [0.05, 0.1) is 5.92 Å². The molecule has 102 valence electrons. The Labute approximate surface area is 121 Å². The number of rotatable bonds is 2. The molecule has 0 bridgehead atoms. The Kier molecular flexibility index (Phi) is 3.94. The van der Waals surface area contributed by atoms with E-state index in [4.69, 9.17) is 5.73 Å². The van der Waals surface area contributed by atoms with Crippen LogP contribution >= 0.6 is 15.9 Å². The van der Waals surface area contributed by atoms with Crippen LogP contribution in [0.25, 0.3) is 0 Å². The van der Waals surface area contributed by atoms with E-state index in [9.17, 15) is 9.59 Å². The third kappa shape index (κ3) is 2.52. The van der Waals surface area contributed by atoms with E-state index >= 15 is 0 Å². The Hall–Kier alpha value is -1.36. The summed E-state index contributed by atoms with van der Waals surface area (Å²) in [4.78, 5) is 25.3. The average Bonchev–Trinajstić information content (AvgIpc) is 2.35. The third-order valence-electron chi connectivity index (χ3n) is 3.65. The summed E-state index contributed by atoms with van der Waals surface area (Å²) in [5.41, 5.74) is 7.15. The molecule has 2 unspecified atom stereocenters. The van der Waals surface area contributed by atoms with Gasteiger partial charge in [0, 0.05) is 23.1 Å². The first-order valence-corrected chi connectivity index (χ1v) is 7.13. The van der Waals surface area contributed by atoms with Crippen molar-refractivity contribution >= 4 is 33.4 Å². The number of benzene rings is 1. The number of primary amides is 1. The molecule has 1 aromatic rings. The molecule has 2 N–H and O–H groups in total. The molecule has 1 aromatic carbocycles. The summed E-state index contributed by atoms with van der Waals surface area (Å²) in [6, 6.07) is 5.67. The monoisotopic (exact) mass is 324 g/mol. The van der Waals surface area contributed by atoms with Gasteiger partial charge in [-0.1, -0.05) is 22.9 Å². The molecule has 1 aliphatic heterocycles. The van der Waals surface area contributed by atoms with Crippen LogP contribution in [-0.2, 0) is 9.59 Å². The number of carbonyl (C=O) groups is 2. The van der Waals surface area contributed by atoms with Crippen molar-refractivity contribution in [1.29, 1.82) is 0 Å². The highest BCUT2D eigenvalue weighted by atomic mass is 79.9. The highest BCUT2D eigenvalue weighted by Gasteiger charge is 2.36. The molecule has 1 aliphatic rings. The predicted molar refractivity (Wildman–Crippen MR) is 77.9 cm³/mol. The van der Waals surface area contributed by atoms with Crippen molar-refractivity contribution in [3.8, 4) is 0 Å². The number of hydrogen-bond donors (Lipinski definition) is 1. The molecule has 0 fully saturated rings. The number of fused-ring (bicyclic) bond motifs is 1. The minimum absolute atomic E-state index is 0.00153. The van der Waals surface area contributed by atoms with Crippen LogP contribution < -0.4 is 10.6 Å². The van der Waals surface area contributed by atoms with Crippen molar-refractivity contribution in [2.45, 2.75) is 38.6 Å². The molecule has 4 nitrogen and oxygen atoms in total. The molecule has 2 rings (SSSR count). The molecule has 2 atom stereocenters. The Morgan fingerprint density at radius 1 is 1.47 bits per heavy atom. The molecular formula is C14H17BrN2O2. The predicted octanol–water partition coefficient (Wildman–Crippen LogP) is 2.55. The minimum Gasteiger partial charge on any atom is -0.369 e. The van der Waals surface area contributed by atoms with E-state index < -0.39 is 0 Å². The number of hydrogen-bond acceptors (Lipinski definition) is 2. The van der Waals surface area contributed by atoms with Gasteiger partial charge in [-0.15, -0.1) is 0 Å². The Morgan fingerprint density at radius 2 is 2.16 bits per heavy atom. The summed E-state index contributed by atoms with van der Waals surface area (Å²) >= 11 is 3.40.